The van der Waals surface area contributed by atoms with Crippen LogP contribution < -0.4 is 19.1 Å². The highest BCUT2D eigenvalue weighted by Gasteiger charge is 2.42. The lowest BCUT2D eigenvalue weighted by Crippen LogP contribution is -2.64. The molecule has 0 radical (unpaired) electrons. The number of piperidine rings is 1. The number of alkyl halides is 3. The van der Waals surface area contributed by atoms with Gasteiger partial charge >= 0.3 is 6.36 Å². The number of ether oxygens (including phenoxy) is 2. The number of hydrogen-bond acceptors (Lipinski definition) is 7. The summed E-state index contributed by atoms with van der Waals surface area (Å²) in [5.41, 5.74) is 1.48. The Morgan fingerprint density at radius 3 is 2.08 bits per heavy atom. The quantitative estimate of drug-likeness (QED) is 0.513. The molecule has 0 aliphatic carbocycles. The van der Waals surface area contributed by atoms with Gasteiger partial charge in [-0.3, -0.25) is 0 Å². The van der Waals surface area contributed by atoms with Gasteiger partial charge in [0.25, 0.3) is 0 Å². The monoisotopic (exact) mass is 535 g/mol. The second-order valence-corrected chi connectivity index (χ2v) is 10.6. The maximum atomic E-state index is 13.1. The van der Waals surface area contributed by atoms with Crippen molar-refractivity contribution in [2.24, 2.45) is 0 Å². The van der Waals surface area contributed by atoms with Crippen molar-refractivity contribution in [1.82, 2.24) is 9.62 Å². The van der Waals surface area contributed by atoms with Gasteiger partial charge in [-0.1, -0.05) is 24.3 Å². The van der Waals surface area contributed by atoms with Gasteiger partial charge in [0.15, 0.2) is 11.5 Å². The van der Waals surface area contributed by atoms with Crippen molar-refractivity contribution in [3.63, 3.8) is 0 Å². The summed E-state index contributed by atoms with van der Waals surface area (Å²) in [6, 6.07) is 17.2. The first-order chi connectivity index (χ1) is 17.5. The predicted molar refractivity (Wildman–Crippen MR) is 130 cm³/mol. The molecular formula is C25H24F3N3O5S. The first-order valence-corrected chi connectivity index (χ1v) is 12.9. The van der Waals surface area contributed by atoms with Crippen LogP contribution in [-0.2, 0) is 10.0 Å². The maximum absolute atomic E-state index is 13.1. The minimum atomic E-state index is -4.89. The standard InChI is InChI=1S/C25H24F3N3O5S/c1-30-14-18(29-37(33,34)17-12-10-16(11-13-17)36-25(26,27)28)24(32)21(15-30)31-19-6-2-4-8-22(19)35-23-9-5-3-7-20(23)31/h2-13,18,21,24,29,32H,14-15H2,1H3/t18-,21+,24+/m1/s1. The van der Waals surface area contributed by atoms with Crippen LogP contribution in [0.15, 0.2) is 77.7 Å². The van der Waals surface area contributed by atoms with E-state index in [9.17, 15) is 26.7 Å². The van der Waals surface area contributed by atoms with E-state index in [1.54, 1.807) is 0 Å². The van der Waals surface area contributed by atoms with Crippen molar-refractivity contribution >= 4 is 21.4 Å². The Bertz CT molecular complexity index is 1340. The van der Waals surface area contributed by atoms with Crippen LogP contribution in [0.1, 0.15) is 0 Å². The average Bonchev–Trinajstić information content (AvgIpc) is 2.84. The molecule has 196 valence electrons. The van der Waals surface area contributed by atoms with Crippen molar-refractivity contribution in [3.8, 4) is 17.2 Å². The van der Waals surface area contributed by atoms with E-state index in [1.807, 2.05) is 65.4 Å². The van der Waals surface area contributed by atoms with Crippen molar-refractivity contribution in [2.75, 3.05) is 25.0 Å². The third-order valence-corrected chi connectivity index (χ3v) is 7.79. The number of hydrogen-bond donors (Lipinski definition) is 2. The number of nitrogens with zero attached hydrogens (tertiary/aromatic N) is 2. The Balaban J connectivity index is 1.42. The van der Waals surface area contributed by atoms with Gasteiger partial charge in [-0.2, -0.15) is 0 Å². The Kier molecular flexibility index (Phi) is 6.52. The average molecular weight is 536 g/mol. The van der Waals surface area contributed by atoms with Crippen LogP contribution >= 0.6 is 0 Å². The minimum Gasteiger partial charge on any atom is -0.453 e. The fourth-order valence-corrected chi connectivity index (χ4v) is 5.98. The Morgan fingerprint density at radius 2 is 1.51 bits per heavy atom. The van der Waals surface area contributed by atoms with Gasteiger partial charge in [-0.05, 0) is 55.6 Å². The molecule has 0 saturated carbocycles. The molecule has 1 fully saturated rings. The molecule has 3 atom stereocenters. The van der Waals surface area contributed by atoms with Gasteiger partial charge in [0.1, 0.15) is 5.75 Å². The highest BCUT2D eigenvalue weighted by Crippen LogP contribution is 2.48. The molecule has 2 aliphatic heterocycles. The van der Waals surface area contributed by atoms with Crippen LogP contribution in [0.4, 0.5) is 24.5 Å². The summed E-state index contributed by atoms with van der Waals surface area (Å²) < 4.78 is 75.9. The summed E-state index contributed by atoms with van der Waals surface area (Å²) in [7, 11) is -2.35. The third-order valence-electron chi connectivity index (χ3n) is 6.29. The van der Waals surface area contributed by atoms with Gasteiger partial charge in [0, 0.05) is 13.1 Å². The number of aliphatic hydroxyl groups is 1. The molecule has 12 heteroatoms. The lowest BCUT2D eigenvalue weighted by Gasteiger charge is -2.47. The molecular weight excluding hydrogens is 511 g/mol. The van der Waals surface area contributed by atoms with Crippen molar-refractivity contribution in [2.45, 2.75) is 29.4 Å². The van der Waals surface area contributed by atoms with Crippen LogP contribution in [0.3, 0.4) is 0 Å². The Morgan fingerprint density at radius 1 is 0.946 bits per heavy atom. The first-order valence-electron chi connectivity index (χ1n) is 11.4. The molecule has 5 rings (SSSR count). The predicted octanol–water partition coefficient (Wildman–Crippen LogP) is 3.85. The number of benzene rings is 3. The lowest BCUT2D eigenvalue weighted by molar-refractivity contribution is -0.274. The number of sulfonamides is 1. The summed E-state index contributed by atoms with van der Waals surface area (Å²) in [6.07, 6.45) is -6.01. The maximum Gasteiger partial charge on any atom is 0.573 e. The largest absolute Gasteiger partial charge is 0.573 e. The number of aliphatic hydroxyl groups excluding tert-OH is 1. The SMILES string of the molecule is CN1C[C@@H](NS(=O)(=O)c2ccc(OC(F)(F)F)cc2)[C@H](O)[C@@H](N2c3ccccc3Oc3ccccc32)C1. The molecule has 3 aromatic carbocycles. The molecule has 0 amide bonds. The smallest absolute Gasteiger partial charge is 0.453 e. The molecule has 37 heavy (non-hydrogen) atoms. The van der Waals surface area contributed by atoms with E-state index in [0.29, 0.717) is 18.0 Å². The van der Waals surface area contributed by atoms with Gasteiger partial charge in [-0.25, -0.2) is 13.1 Å². The van der Waals surface area contributed by atoms with E-state index >= 15 is 0 Å². The second kappa shape index (κ2) is 9.53. The van der Waals surface area contributed by atoms with Gasteiger partial charge in [0.2, 0.25) is 10.0 Å². The first kappa shape index (κ1) is 25.3. The molecule has 3 aromatic rings. The fourth-order valence-electron chi connectivity index (χ4n) is 4.73. The van der Waals surface area contributed by atoms with E-state index in [2.05, 4.69) is 9.46 Å². The highest BCUT2D eigenvalue weighted by atomic mass is 32.2. The number of likely N-dealkylation sites (tertiary alicyclic amines) is 1. The number of likely N-dealkylation sites (N-methyl/N-ethyl adjacent to an activating group) is 1. The molecule has 1 saturated heterocycles. The van der Waals surface area contributed by atoms with Crippen LogP contribution in [0.25, 0.3) is 0 Å². The normalized spacial score (nSPS) is 22.1. The second-order valence-electron chi connectivity index (χ2n) is 8.93. The van der Waals surface area contributed by atoms with Crippen LogP contribution in [0, 0.1) is 0 Å². The zero-order valence-corrected chi connectivity index (χ0v) is 20.4. The summed E-state index contributed by atoms with van der Waals surface area (Å²) in [6.45, 7) is 0.658. The van der Waals surface area contributed by atoms with Crippen molar-refractivity contribution in [3.05, 3.63) is 72.8 Å². The van der Waals surface area contributed by atoms with E-state index in [-0.39, 0.29) is 11.4 Å². The summed E-state index contributed by atoms with van der Waals surface area (Å²) in [5.74, 6) is 0.688. The summed E-state index contributed by atoms with van der Waals surface area (Å²) in [4.78, 5) is 3.62. The fraction of sp³-hybridized carbons (Fsp3) is 0.280. The molecule has 0 aromatic heterocycles. The van der Waals surface area contributed by atoms with Crippen LogP contribution in [0.5, 0.6) is 17.2 Å². The number of fused-ring (bicyclic) bond motifs is 2. The molecule has 2 aliphatic rings. The van der Waals surface area contributed by atoms with E-state index in [0.717, 1.165) is 35.6 Å². The Labute approximate surface area is 211 Å². The van der Waals surface area contributed by atoms with E-state index < -0.39 is 40.3 Å². The molecule has 2 N–H and O–H groups in total. The van der Waals surface area contributed by atoms with Crippen LogP contribution in [0.2, 0.25) is 0 Å². The molecule has 0 unspecified atom stereocenters. The third kappa shape index (κ3) is 5.23. The number of nitrogens with one attached hydrogen (secondary N) is 1. The number of rotatable bonds is 5. The summed E-state index contributed by atoms with van der Waals surface area (Å²) >= 11 is 0. The summed E-state index contributed by atoms with van der Waals surface area (Å²) in [5, 5.41) is 11.5. The van der Waals surface area contributed by atoms with E-state index in [1.165, 1.54) is 0 Å². The minimum absolute atomic E-state index is 0.222. The molecule has 8 nitrogen and oxygen atoms in total. The Hall–Kier alpha value is -3.32. The highest BCUT2D eigenvalue weighted by molar-refractivity contribution is 7.89. The molecule has 2 heterocycles. The number of halogens is 3. The van der Waals surface area contributed by atoms with Gasteiger partial charge in [-0.15, -0.1) is 13.2 Å². The zero-order valence-electron chi connectivity index (χ0n) is 19.6. The molecule has 0 bridgehead atoms. The zero-order chi connectivity index (χ0) is 26.4. The van der Waals surface area contributed by atoms with Crippen molar-refractivity contribution < 1.29 is 36.2 Å². The molecule has 0 spiro atoms. The topological polar surface area (TPSA) is 91.3 Å². The van der Waals surface area contributed by atoms with Gasteiger partial charge < -0.3 is 24.4 Å². The van der Waals surface area contributed by atoms with E-state index in [4.69, 9.17) is 4.74 Å². The van der Waals surface area contributed by atoms with Gasteiger partial charge in [0.05, 0.1) is 34.5 Å². The lowest BCUT2D eigenvalue weighted by atomic mass is 9.95. The number of para-hydroxylation sites is 4. The van der Waals surface area contributed by atoms with Crippen LogP contribution in [-0.4, -0.2) is 63.1 Å². The van der Waals surface area contributed by atoms with Crippen molar-refractivity contribution in [1.29, 1.82) is 0 Å². The number of anilines is 2.